The second-order valence-electron chi connectivity index (χ2n) is 6.17. The molecule has 0 fully saturated rings. The fourth-order valence-electron chi connectivity index (χ4n) is 2.71. The van der Waals surface area contributed by atoms with Crippen molar-refractivity contribution in [3.8, 4) is 23.0 Å². The van der Waals surface area contributed by atoms with Gasteiger partial charge in [0, 0.05) is 17.0 Å². The summed E-state index contributed by atoms with van der Waals surface area (Å²) in [4.78, 5) is 24.4. The number of nitrogens with one attached hydrogen (secondary N) is 1. The Morgan fingerprint density at radius 3 is 2.62 bits per heavy atom. The lowest BCUT2D eigenvalue weighted by Crippen LogP contribution is -2.42. The van der Waals surface area contributed by atoms with Crippen LogP contribution in [0.25, 0.3) is 6.08 Å². The molecule has 3 rings (SSSR count). The maximum atomic E-state index is 12.3. The Morgan fingerprint density at radius 2 is 1.93 bits per heavy atom. The molecule has 0 unspecified atom stereocenters. The Morgan fingerprint density at radius 1 is 1.21 bits per heavy atom. The van der Waals surface area contributed by atoms with Gasteiger partial charge in [0.1, 0.15) is 6.04 Å². The van der Waals surface area contributed by atoms with Crippen molar-refractivity contribution in [3.63, 3.8) is 0 Å². The monoisotopic (exact) mass is 463 g/mol. The number of hydrogen-bond acceptors (Lipinski definition) is 7. The van der Waals surface area contributed by atoms with E-state index in [4.69, 9.17) is 14.2 Å². The molecule has 1 aliphatic heterocycles. The van der Waals surface area contributed by atoms with Crippen LogP contribution in [-0.4, -0.2) is 42.0 Å². The third-order valence-corrected chi connectivity index (χ3v) is 4.87. The zero-order chi connectivity index (χ0) is 21.0. The lowest BCUT2D eigenvalue weighted by molar-refractivity contribution is -0.144. The first-order valence-corrected chi connectivity index (χ1v) is 9.33. The largest absolute Gasteiger partial charge is 0.504 e. The van der Waals surface area contributed by atoms with Crippen molar-refractivity contribution < 1.29 is 34.0 Å². The van der Waals surface area contributed by atoms with Gasteiger partial charge in [-0.2, -0.15) is 0 Å². The van der Waals surface area contributed by atoms with Gasteiger partial charge in [-0.1, -0.05) is 22.0 Å². The molecule has 2 aromatic rings. The Kier molecular flexibility index (Phi) is 6.28. The molecule has 1 amide bonds. The van der Waals surface area contributed by atoms with Gasteiger partial charge in [0.2, 0.25) is 12.7 Å². The molecule has 0 aliphatic carbocycles. The number of carbonyl (C=O) groups excluding carboxylic acids is 2. The topological polar surface area (TPSA) is 114 Å². The molecule has 29 heavy (non-hydrogen) atoms. The van der Waals surface area contributed by atoms with E-state index in [9.17, 15) is 19.8 Å². The number of halogens is 1. The number of amides is 1. The number of hydrogen-bond donors (Lipinski definition) is 3. The van der Waals surface area contributed by atoms with Crippen LogP contribution in [0.2, 0.25) is 0 Å². The van der Waals surface area contributed by atoms with Gasteiger partial charge < -0.3 is 29.7 Å². The lowest BCUT2D eigenvalue weighted by Gasteiger charge is -2.16. The lowest BCUT2D eigenvalue weighted by atomic mass is 10.1. The van der Waals surface area contributed by atoms with Gasteiger partial charge in [-0.15, -0.1) is 0 Å². The standard InChI is InChI=1S/C20H18BrNO7/c1-27-20(26)14(6-11-2-4-15(23)16(24)7-11)22-19(25)5-3-12-8-17-18(9-13(12)21)29-10-28-17/h2-5,7-9,14,23-24H,6,10H2,1H3,(H,22,25)/b5-3+/t14-/m0/s1. The zero-order valence-corrected chi connectivity index (χ0v) is 16.9. The quantitative estimate of drug-likeness (QED) is 0.342. The second-order valence-corrected chi connectivity index (χ2v) is 7.03. The van der Waals surface area contributed by atoms with E-state index >= 15 is 0 Å². The molecule has 0 bridgehead atoms. The summed E-state index contributed by atoms with van der Waals surface area (Å²) in [7, 11) is 1.22. The van der Waals surface area contributed by atoms with E-state index in [0.717, 1.165) is 4.47 Å². The van der Waals surface area contributed by atoms with Crippen LogP contribution in [0.3, 0.4) is 0 Å². The molecular weight excluding hydrogens is 446 g/mol. The Balaban J connectivity index is 1.70. The number of phenols is 2. The smallest absolute Gasteiger partial charge is 0.328 e. The van der Waals surface area contributed by atoms with Crippen molar-refractivity contribution >= 4 is 33.9 Å². The van der Waals surface area contributed by atoms with Crippen molar-refractivity contribution in [2.75, 3.05) is 13.9 Å². The molecule has 2 aromatic carbocycles. The summed E-state index contributed by atoms with van der Waals surface area (Å²) in [5, 5.41) is 21.6. The van der Waals surface area contributed by atoms with Crippen LogP contribution in [0.4, 0.5) is 0 Å². The highest BCUT2D eigenvalue weighted by Gasteiger charge is 2.22. The van der Waals surface area contributed by atoms with Crippen LogP contribution < -0.4 is 14.8 Å². The fraction of sp³-hybridized carbons (Fsp3) is 0.200. The summed E-state index contributed by atoms with van der Waals surface area (Å²) in [6.07, 6.45) is 2.93. The highest BCUT2D eigenvalue weighted by Crippen LogP contribution is 2.37. The molecule has 0 radical (unpaired) electrons. The van der Waals surface area contributed by atoms with Crippen LogP contribution >= 0.6 is 15.9 Å². The number of ether oxygens (including phenoxy) is 3. The average molecular weight is 464 g/mol. The molecule has 152 valence electrons. The SMILES string of the molecule is COC(=O)[C@H](Cc1ccc(O)c(O)c1)NC(=O)/C=C/c1cc2c(cc1Br)OCO2. The van der Waals surface area contributed by atoms with Gasteiger partial charge in [-0.25, -0.2) is 4.79 Å². The first-order valence-electron chi connectivity index (χ1n) is 8.53. The molecule has 0 spiro atoms. The fourth-order valence-corrected chi connectivity index (χ4v) is 3.17. The highest BCUT2D eigenvalue weighted by atomic mass is 79.9. The molecule has 1 heterocycles. The van der Waals surface area contributed by atoms with Crippen LogP contribution in [0.5, 0.6) is 23.0 Å². The molecule has 9 heteroatoms. The highest BCUT2D eigenvalue weighted by molar-refractivity contribution is 9.10. The molecule has 3 N–H and O–H groups in total. The van der Waals surface area contributed by atoms with Gasteiger partial charge in [-0.05, 0) is 41.5 Å². The van der Waals surface area contributed by atoms with Gasteiger partial charge in [0.15, 0.2) is 23.0 Å². The van der Waals surface area contributed by atoms with Crippen molar-refractivity contribution in [3.05, 3.63) is 52.0 Å². The van der Waals surface area contributed by atoms with E-state index in [2.05, 4.69) is 21.2 Å². The van der Waals surface area contributed by atoms with Crippen molar-refractivity contribution in [2.45, 2.75) is 12.5 Å². The van der Waals surface area contributed by atoms with E-state index < -0.39 is 17.9 Å². The molecule has 1 aliphatic rings. The van der Waals surface area contributed by atoms with E-state index in [-0.39, 0.29) is 24.7 Å². The van der Waals surface area contributed by atoms with Gasteiger partial charge in [0.25, 0.3) is 0 Å². The number of rotatable bonds is 6. The Hall–Kier alpha value is -3.20. The zero-order valence-electron chi connectivity index (χ0n) is 15.3. The van der Waals surface area contributed by atoms with Gasteiger partial charge >= 0.3 is 5.97 Å². The maximum Gasteiger partial charge on any atom is 0.328 e. The van der Waals surface area contributed by atoms with Crippen molar-refractivity contribution in [1.82, 2.24) is 5.32 Å². The van der Waals surface area contributed by atoms with E-state index in [1.807, 2.05) is 0 Å². The summed E-state index contributed by atoms with van der Waals surface area (Å²) in [6, 6.07) is 6.66. The minimum absolute atomic E-state index is 0.0772. The van der Waals surface area contributed by atoms with E-state index in [0.29, 0.717) is 22.6 Å². The molecule has 0 saturated carbocycles. The van der Waals surface area contributed by atoms with Crippen LogP contribution in [0, 0.1) is 0 Å². The molecule has 1 atom stereocenters. The second kappa shape index (κ2) is 8.87. The van der Waals surface area contributed by atoms with Crippen LogP contribution in [-0.2, 0) is 20.7 Å². The molecule has 0 aromatic heterocycles. The Labute approximate surface area is 174 Å². The number of phenolic OH excluding ortho intramolecular Hbond substituents is 2. The molecule has 8 nitrogen and oxygen atoms in total. The predicted octanol–water partition coefficient (Wildman–Crippen LogP) is 2.50. The number of benzene rings is 2. The number of carbonyl (C=O) groups is 2. The molecule has 0 saturated heterocycles. The minimum atomic E-state index is -0.971. The normalized spacial score (nSPS) is 13.3. The number of aromatic hydroxyl groups is 2. The first kappa shape index (κ1) is 20.5. The van der Waals surface area contributed by atoms with E-state index in [1.165, 1.54) is 31.4 Å². The van der Waals surface area contributed by atoms with Crippen molar-refractivity contribution in [1.29, 1.82) is 0 Å². The number of methoxy groups -OCH3 is 1. The average Bonchev–Trinajstić information content (AvgIpc) is 3.14. The van der Waals surface area contributed by atoms with Gasteiger partial charge in [-0.3, -0.25) is 4.79 Å². The third kappa shape index (κ3) is 5.00. The van der Waals surface area contributed by atoms with Gasteiger partial charge in [0.05, 0.1) is 7.11 Å². The number of esters is 1. The van der Waals surface area contributed by atoms with E-state index in [1.54, 1.807) is 18.2 Å². The summed E-state index contributed by atoms with van der Waals surface area (Å²) in [6.45, 7) is 0.142. The maximum absolute atomic E-state index is 12.3. The number of fused-ring (bicyclic) bond motifs is 1. The predicted molar refractivity (Wildman–Crippen MR) is 107 cm³/mol. The summed E-state index contributed by atoms with van der Waals surface area (Å²) in [5.41, 5.74) is 1.24. The van der Waals surface area contributed by atoms with Crippen molar-refractivity contribution in [2.24, 2.45) is 0 Å². The summed E-state index contributed by atoms with van der Waals surface area (Å²) >= 11 is 3.41. The van der Waals surface area contributed by atoms with Crippen LogP contribution in [0.1, 0.15) is 11.1 Å². The summed E-state index contributed by atoms with van der Waals surface area (Å²) < 4.78 is 16.1. The van der Waals surface area contributed by atoms with Crippen LogP contribution in [0.15, 0.2) is 40.9 Å². The summed E-state index contributed by atoms with van der Waals surface area (Å²) in [5.74, 6) is -0.541. The first-order chi connectivity index (χ1) is 13.9. The molecular formula is C20H18BrNO7. The third-order valence-electron chi connectivity index (χ3n) is 4.19. The Bertz CT molecular complexity index is 974. The minimum Gasteiger partial charge on any atom is -0.504 e.